The van der Waals surface area contributed by atoms with E-state index >= 15 is 0 Å². The lowest BCUT2D eigenvalue weighted by atomic mass is 9.95. The minimum absolute atomic E-state index is 0.0141. The van der Waals surface area contributed by atoms with E-state index in [1.54, 1.807) is 6.92 Å². The van der Waals surface area contributed by atoms with Crippen molar-refractivity contribution in [1.82, 2.24) is 15.1 Å². The molecule has 4 rings (SSSR count). The molecule has 0 fully saturated rings. The van der Waals surface area contributed by atoms with Crippen LogP contribution in [0.3, 0.4) is 0 Å². The van der Waals surface area contributed by atoms with E-state index in [1.165, 1.54) is 12.1 Å². The summed E-state index contributed by atoms with van der Waals surface area (Å²) in [6, 6.07) is 18.0. The van der Waals surface area contributed by atoms with Crippen LogP contribution in [-0.4, -0.2) is 27.4 Å². The minimum Gasteiger partial charge on any atom is -0.481 e. The van der Waals surface area contributed by atoms with Gasteiger partial charge in [-0.3, -0.25) is 9.48 Å². The number of hydrogen-bond donors (Lipinski definition) is 2. The first-order valence-electron chi connectivity index (χ1n) is 12.7. The number of rotatable bonds is 10. The Kier molecular flexibility index (Phi) is 8.21. The van der Waals surface area contributed by atoms with E-state index in [9.17, 15) is 18.0 Å². The maximum Gasteiger partial charge on any atom is 0.416 e. The van der Waals surface area contributed by atoms with Gasteiger partial charge in [-0.05, 0) is 71.3 Å². The second kappa shape index (κ2) is 11.4. The number of carbonyl (C=O) groups is 1. The highest BCUT2D eigenvalue weighted by Crippen LogP contribution is 2.35. The third-order valence-electron chi connectivity index (χ3n) is 6.66. The van der Waals surface area contributed by atoms with Gasteiger partial charge in [0, 0.05) is 18.5 Å². The molecule has 1 aromatic heterocycles. The molecule has 8 heteroatoms. The van der Waals surface area contributed by atoms with Crippen molar-refractivity contribution in [1.29, 1.82) is 0 Å². The molecule has 1 atom stereocenters. The summed E-state index contributed by atoms with van der Waals surface area (Å²) >= 11 is 0. The van der Waals surface area contributed by atoms with Gasteiger partial charge in [-0.2, -0.15) is 18.3 Å². The summed E-state index contributed by atoms with van der Waals surface area (Å²) in [6.45, 7) is 7.05. The van der Waals surface area contributed by atoms with Crippen LogP contribution in [0.4, 0.5) is 13.2 Å². The van der Waals surface area contributed by atoms with Gasteiger partial charge in [0.15, 0.2) is 0 Å². The van der Waals surface area contributed by atoms with Crippen LogP contribution in [0.5, 0.6) is 0 Å². The Morgan fingerprint density at radius 2 is 1.79 bits per heavy atom. The topological polar surface area (TPSA) is 67.2 Å². The number of fused-ring (bicyclic) bond motifs is 1. The molecule has 0 spiro atoms. The van der Waals surface area contributed by atoms with Crippen molar-refractivity contribution in [3.05, 3.63) is 89.1 Å². The molecule has 200 valence electrons. The fraction of sp³-hybridized carbons (Fsp3) is 0.333. The summed E-state index contributed by atoms with van der Waals surface area (Å²) in [4.78, 5) is 10.7. The first-order valence-corrected chi connectivity index (χ1v) is 12.7. The molecule has 38 heavy (non-hydrogen) atoms. The second-order valence-corrected chi connectivity index (χ2v) is 10.1. The van der Waals surface area contributed by atoms with Gasteiger partial charge in [0.1, 0.15) is 0 Å². The van der Waals surface area contributed by atoms with Gasteiger partial charge in [-0.15, -0.1) is 0 Å². The number of nitrogens with zero attached hydrogens (tertiary/aromatic N) is 2. The average Bonchev–Trinajstić information content (AvgIpc) is 3.28. The van der Waals surface area contributed by atoms with Crippen molar-refractivity contribution in [2.24, 2.45) is 5.92 Å². The largest absolute Gasteiger partial charge is 0.481 e. The third-order valence-corrected chi connectivity index (χ3v) is 6.66. The van der Waals surface area contributed by atoms with E-state index in [0.29, 0.717) is 24.6 Å². The Hall–Kier alpha value is -3.65. The minimum atomic E-state index is -4.37. The molecular weight excluding hydrogens is 491 g/mol. The van der Waals surface area contributed by atoms with Crippen molar-refractivity contribution in [3.8, 4) is 11.1 Å². The molecule has 4 aromatic rings. The van der Waals surface area contributed by atoms with Crippen molar-refractivity contribution < 1.29 is 23.1 Å². The molecule has 0 aliphatic rings. The molecule has 0 radical (unpaired) electrons. The number of aryl methyl sites for hydroxylation is 1. The summed E-state index contributed by atoms with van der Waals surface area (Å²) in [6.07, 6.45) is -1.59. The van der Waals surface area contributed by atoms with Crippen LogP contribution >= 0.6 is 0 Å². The number of halogens is 3. The highest BCUT2D eigenvalue weighted by molar-refractivity contribution is 5.85. The molecule has 0 aliphatic carbocycles. The maximum atomic E-state index is 13.1. The lowest BCUT2D eigenvalue weighted by molar-refractivity contribution is -0.138. The summed E-state index contributed by atoms with van der Waals surface area (Å²) in [5.74, 6) is -0.400. The number of benzene rings is 3. The van der Waals surface area contributed by atoms with Crippen LogP contribution in [0.1, 0.15) is 55.0 Å². The van der Waals surface area contributed by atoms with Gasteiger partial charge < -0.3 is 10.4 Å². The average molecular weight is 524 g/mol. The lowest BCUT2D eigenvalue weighted by Crippen LogP contribution is -2.18. The predicted octanol–water partition coefficient (Wildman–Crippen LogP) is 7.23. The summed E-state index contributed by atoms with van der Waals surface area (Å²) in [5.41, 5.74) is 4.70. The Labute approximate surface area is 220 Å². The Balaban J connectivity index is 1.60. The molecule has 2 N–H and O–H groups in total. The number of hydrogen-bond acceptors (Lipinski definition) is 3. The van der Waals surface area contributed by atoms with Gasteiger partial charge in [0.25, 0.3) is 0 Å². The standard InChI is InChI=1S/C30H32F3N3O2/c1-19(2)14-28(22-6-4-21(5-7-22)17-34-13-12-29(37)38)36-27-11-8-23(16-24(27)18-35-36)26-10-9-25(15-20(26)3)30(31,32)33/h4-11,15-16,18-19,28,34H,12-14,17H2,1-3H3,(H,37,38). The number of nitrogens with one attached hydrogen (secondary N) is 1. The number of aromatic nitrogens is 2. The van der Waals surface area contributed by atoms with Gasteiger partial charge in [-0.1, -0.05) is 50.2 Å². The molecule has 0 saturated heterocycles. The van der Waals surface area contributed by atoms with E-state index in [0.717, 1.165) is 45.6 Å². The fourth-order valence-corrected chi connectivity index (χ4v) is 4.74. The van der Waals surface area contributed by atoms with E-state index in [2.05, 4.69) is 31.3 Å². The number of alkyl halides is 3. The van der Waals surface area contributed by atoms with E-state index in [1.807, 2.05) is 41.2 Å². The highest BCUT2D eigenvalue weighted by atomic mass is 19.4. The molecule has 0 aliphatic heterocycles. The molecule has 1 heterocycles. The van der Waals surface area contributed by atoms with Crippen LogP contribution in [0, 0.1) is 12.8 Å². The summed E-state index contributed by atoms with van der Waals surface area (Å²) in [5, 5.41) is 17.6. The van der Waals surface area contributed by atoms with Crippen molar-refractivity contribution in [2.75, 3.05) is 6.54 Å². The lowest BCUT2D eigenvalue weighted by Gasteiger charge is -2.22. The Morgan fingerprint density at radius 1 is 1.05 bits per heavy atom. The number of carboxylic acids is 1. The number of aliphatic carboxylic acids is 1. The molecule has 0 bridgehead atoms. The molecule has 0 saturated carbocycles. The van der Waals surface area contributed by atoms with Gasteiger partial charge in [-0.25, -0.2) is 0 Å². The Bertz CT molecular complexity index is 1410. The number of carboxylic acid groups (broad SMARTS) is 1. The summed E-state index contributed by atoms with van der Waals surface area (Å²) in [7, 11) is 0. The Morgan fingerprint density at radius 3 is 2.42 bits per heavy atom. The van der Waals surface area contributed by atoms with E-state index in [-0.39, 0.29) is 12.5 Å². The predicted molar refractivity (Wildman–Crippen MR) is 143 cm³/mol. The highest BCUT2D eigenvalue weighted by Gasteiger charge is 2.30. The first kappa shape index (κ1) is 27.4. The van der Waals surface area contributed by atoms with Gasteiger partial charge in [0.2, 0.25) is 0 Å². The molecule has 5 nitrogen and oxygen atoms in total. The van der Waals surface area contributed by atoms with Crippen LogP contribution < -0.4 is 5.32 Å². The SMILES string of the molecule is Cc1cc(C(F)(F)F)ccc1-c1ccc2c(cnn2C(CC(C)C)c2ccc(CNCCC(=O)O)cc2)c1. The van der Waals surface area contributed by atoms with Crippen molar-refractivity contribution >= 4 is 16.9 Å². The molecular formula is C30H32F3N3O2. The molecule has 3 aromatic carbocycles. The van der Waals surface area contributed by atoms with Gasteiger partial charge >= 0.3 is 12.1 Å². The third kappa shape index (κ3) is 6.42. The summed E-state index contributed by atoms with van der Waals surface area (Å²) < 4.78 is 41.3. The fourth-order valence-electron chi connectivity index (χ4n) is 4.74. The van der Waals surface area contributed by atoms with Crippen LogP contribution in [0.25, 0.3) is 22.0 Å². The van der Waals surface area contributed by atoms with Crippen molar-refractivity contribution in [3.63, 3.8) is 0 Å². The monoisotopic (exact) mass is 523 g/mol. The maximum absolute atomic E-state index is 13.1. The first-order chi connectivity index (χ1) is 18.0. The quantitative estimate of drug-likeness (QED) is 0.215. The normalized spacial score (nSPS) is 12.8. The van der Waals surface area contributed by atoms with Crippen LogP contribution in [-0.2, 0) is 17.5 Å². The second-order valence-electron chi connectivity index (χ2n) is 10.1. The smallest absolute Gasteiger partial charge is 0.416 e. The molecule has 1 unspecified atom stereocenters. The van der Waals surface area contributed by atoms with Gasteiger partial charge in [0.05, 0.1) is 29.7 Å². The molecule has 0 amide bonds. The van der Waals surface area contributed by atoms with Crippen LogP contribution in [0.15, 0.2) is 66.9 Å². The zero-order valence-corrected chi connectivity index (χ0v) is 21.7. The zero-order chi connectivity index (χ0) is 27.4. The van der Waals surface area contributed by atoms with E-state index in [4.69, 9.17) is 10.2 Å². The van der Waals surface area contributed by atoms with Crippen molar-refractivity contribution in [2.45, 2.75) is 52.4 Å². The van der Waals surface area contributed by atoms with Crippen LogP contribution in [0.2, 0.25) is 0 Å². The zero-order valence-electron chi connectivity index (χ0n) is 21.7. The van der Waals surface area contributed by atoms with E-state index < -0.39 is 17.7 Å².